The summed E-state index contributed by atoms with van der Waals surface area (Å²) < 4.78 is 5.72. The third-order valence-electron chi connectivity index (χ3n) is 3.03. The molecule has 0 radical (unpaired) electrons. The van der Waals surface area contributed by atoms with Gasteiger partial charge in [0.25, 0.3) is 5.91 Å². The summed E-state index contributed by atoms with van der Waals surface area (Å²) in [4.78, 5) is 11.8. The molecule has 1 amide bonds. The number of hydrogen-bond acceptors (Lipinski definition) is 3. The van der Waals surface area contributed by atoms with Crippen molar-refractivity contribution >= 4 is 17.5 Å². The predicted octanol–water partition coefficient (Wildman–Crippen LogP) is 1.89. The Bertz CT molecular complexity index is 461. The fourth-order valence-corrected chi connectivity index (χ4v) is 2.00. The average molecular weight is 283 g/mol. The highest BCUT2D eigenvalue weighted by Gasteiger charge is 2.26. The summed E-state index contributed by atoms with van der Waals surface area (Å²) >= 11 is 5.95. The first kappa shape index (κ1) is 14.2. The molecule has 1 fully saturated rings. The predicted molar refractivity (Wildman–Crippen MR) is 75.5 cm³/mol. The molecular formula is C14H19ClN2O2. The maximum absolute atomic E-state index is 11.8. The Kier molecular flexibility index (Phi) is 4.66. The molecule has 0 saturated heterocycles. The molecule has 3 N–H and O–H groups in total. The van der Waals surface area contributed by atoms with Crippen molar-refractivity contribution in [3.05, 3.63) is 28.8 Å². The molecule has 1 saturated carbocycles. The van der Waals surface area contributed by atoms with E-state index in [4.69, 9.17) is 22.1 Å². The van der Waals surface area contributed by atoms with Crippen molar-refractivity contribution in [2.24, 2.45) is 5.73 Å². The van der Waals surface area contributed by atoms with Crippen LogP contribution < -0.4 is 15.8 Å². The first-order valence-corrected chi connectivity index (χ1v) is 6.93. The molecule has 0 aliphatic heterocycles. The summed E-state index contributed by atoms with van der Waals surface area (Å²) in [6.45, 7) is 2.26. The van der Waals surface area contributed by atoms with Gasteiger partial charge >= 0.3 is 0 Å². The Morgan fingerprint density at radius 2 is 2.32 bits per heavy atom. The Morgan fingerprint density at radius 3 is 2.95 bits per heavy atom. The third-order valence-corrected chi connectivity index (χ3v) is 3.27. The summed E-state index contributed by atoms with van der Waals surface area (Å²) in [5.74, 6) is 0.601. The molecule has 1 atom stereocenters. The quantitative estimate of drug-likeness (QED) is 0.837. The van der Waals surface area contributed by atoms with Gasteiger partial charge in [-0.3, -0.25) is 4.79 Å². The molecule has 104 valence electrons. The fraction of sp³-hybridized carbons (Fsp3) is 0.500. The standard InChI is InChI=1S/C14H19ClN2O2/c1-9(14(18)17-12-3-4-12)19-13-5-2-11(15)8-10(13)6-7-16/h2,5,8-9,12H,3-4,6-7,16H2,1H3,(H,17,18). The zero-order valence-electron chi connectivity index (χ0n) is 11.0. The number of rotatable bonds is 6. The van der Waals surface area contributed by atoms with Crippen LogP contribution in [0.5, 0.6) is 5.75 Å². The lowest BCUT2D eigenvalue weighted by molar-refractivity contribution is -0.127. The normalized spacial score (nSPS) is 15.9. The van der Waals surface area contributed by atoms with Gasteiger partial charge in [-0.05, 0) is 56.5 Å². The van der Waals surface area contributed by atoms with Crippen LogP contribution in [0.25, 0.3) is 0 Å². The highest BCUT2D eigenvalue weighted by molar-refractivity contribution is 6.30. The summed E-state index contributed by atoms with van der Waals surface area (Å²) in [7, 11) is 0. The molecule has 1 aliphatic carbocycles. The van der Waals surface area contributed by atoms with Gasteiger partial charge in [0.05, 0.1) is 0 Å². The third kappa shape index (κ3) is 4.11. The van der Waals surface area contributed by atoms with Crippen LogP contribution in [0.2, 0.25) is 5.02 Å². The smallest absolute Gasteiger partial charge is 0.260 e. The lowest BCUT2D eigenvalue weighted by Crippen LogP contribution is -2.37. The van der Waals surface area contributed by atoms with Crippen LogP contribution in [0.15, 0.2) is 18.2 Å². The largest absolute Gasteiger partial charge is 0.481 e. The minimum Gasteiger partial charge on any atom is -0.481 e. The fourth-order valence-electron chi connectivity index (χ4n) is 1.80. The van der Waals surface area contributed by atoms with Crippen LogP contribution in [-0.2, 0) is 11.2 Å². The molecule has 0 heterocycles. The highest BCUT2D eigenvalue weighted by Crippen LogP contribution is 2.25. The van der Waals surface area contributed by atoms with Gasteiger partial charge in [0.1, 0.15) is 5.75 Å². The van der Waals surface area contributed by atoms with E-state index in [-0.39, 0.29) is 5.91 Å². The topological polar surface area (TPSA) is 64.3 Å². The van der Waals surface area contributed by atoms with Crippen LogP contribution in [0.1, 0.15) is 25.3 Å². The van der Waals surface area contributed by atoms with E-state index in [9.17, 15) is 4.79 Å². The molecule has 19 heavy (non-hydrogen) atoms. The van der Waals surface area contributed by atoms with E-state index < -0.39 is 6.10 Å². The number of nitrogens with two attached hydrogens (primary N) is 1. The van der Waals surface area contributed by atoms with Crippen molar-refractivity contribution < 1.29 is 9.53 Å². The van der Waals surface area contributed by atoms with E-state index in [1.807, 2.05) is 6.07 Å². The summed E-state index contributed by atoms with van der Waals surface area (Å²) in [5.41, 5.74) is 6.50. The molecule has 2 rings (SSSR count). The number of carbonyl (C=O) groups is 1. The van der Waals surface area contributed by atoms with E-state index >= 15 is 0 Å². The maximum Gasteiger partial charge on any atom is 0.260 e. The second-order valence-electron chi connectivity index (χ2n) is 4.83. The second kappa shape index (κ2) is 6.26. The maximum atomic E-state index is 11.8. The molecule has 1 aromatic carbocycles. The number of halogens is 1. The molecule has 4 nitrogen and oxygen atoms in total. The summed E-state index contributed by atoms with van der Waals surface area (Å²) in [6, 6.07) is 5.71. The van der Waals surface area contributed by atoms with Gasteiger partial charge in [-0.15, -0.1) is 0 Å². The number of nitrogens with one attached hydrogen (secondary N) is 1. The lowest BCUT2D eigenvalue weighted by atomic mass is 10.1. The Morgan fingerprint density at radius 1 is 1.58 bits per heavy atom. The van der Waals surface area contributed by atoms with Crippen molar-refractivity contribution in [3.63, 3.8) is 0 Å². The van der Waals surface area contributed by atoms with Crippen molar-refractivity contribution in [2.45, 2.75) is 38.3 Å². The van der Waals surface area contributed by atoms with Crippen LogP contribution >= 0.6 is 11.6 Å². The number of carbonyl (C=O) groups excluding carboxylic acids is 1. The van der Waals surface area contributed by atoms with Gasteiger partial charge in [-0.1, -0.05) is 11.6 Å². The number of hydrogen-bond donors (Lipinski definition) is 2. The number of benzene rings is 1. The lowest BCUT2D eigenvalue weighted by Gasteiger charge is -2.17. The van der Waals surface area contributed by atoms with E-state index in [0.29, 0.717) is 29.8 Å². The van der Waals surface area contributed by atoms with Crippen molar-refractivity contribution in [1.82, 2.24) is 5.32 Å². The van der Waals surface area contributed by atoms with Gasteiger partial charge in [-0.2, -0.15) is 0 Å². The zero-order valence-corrected chi connectivity index (χ0v) is 11.7. The van der Waals surface area contributed by atoms with Gasteiger partial charge in [0.15, 0.2) is 6.10 Å². The Labute approximate surface area is 118 Å². The van der Waals surface area contributed by atoms with Gasteiger partial charge in [0, 0.05) is 11.1 Å². The van der Waals surface area contributed by atoms with Crippen LogP contribution in [0, 0.1) is 0 Å². The molecule has 1 aromatic rings. The molecular weight excluding hydrogens is 264 g/mol. The van der Waals surface area contributed by atoms with Crippen molar-refractivity contribution in [3.8, 4) is 5.75 Å². The molecule has 1 unspecified atom stereocenters. The number of amides is 1. The second-order valence-corrected chi connectivity index (χ2v) is 5.27. The Hall–Kier alpha value is -1.26. The van der Waals surface area contributed by atoms with E-state index in [1.165, 1.54) is 0 Å². The highest BCUT2D eigenvalue weighted by atomic mass is 35.5. The van der Waals surface area contributed by atoms with Crippen LogP contribution in [-0.4, -0.2) is 24.6 Å². The minimum atomic E-state index is -0.515. The SMILES string of the molecule is CC(Oc1ccc(Cl)cc1CCN)C(=O)NC1CC1. The van der Waals surface area contributed by atoms with E-state index in [0.717, 1.165) is 18.4 Å². The summed E-state index contributed by atoms with van der Waals surface area (Å²) in [5, 5.41) is 3.57. The number of ether oxygens (including phenoxy) is 1. The first-order valence-electron chi connectivity index (χ1n) is 6.55. The molecule has 0 bridgehead atoms. The molecule has 1 aliphatic rings. The average Bonchev–Trinajstić information content (AvgIpc) is 3.16. The molecule has 0 aromatic heterocycles. The van der Waals surface area contributed by atoms with Crippen LogP contribution in [0.4, 0.5) is 0 Å². The first-order chi connectivity index (χ1) is 9.10. The van der Waals surface area contributed by atoms with Gasteiger partial charge in [0.2, 0.25) is 0 Å². The molecule has 0 spiro atoms. The van der Waals surface area contributed by atoms with Crippen molar-refractivity contribution in [1.29, 1.82) is 0 Å². The van der Waals surface area contributed by atoms with Gasteiger partial charge < -0.3 is 15.8 Å². The van der Waals surface area contributed by atoms with Crippen LogP contribution in [0.3, 0.4) is 0 Å². The van der Waals surface area contributed by atoms with E-state index in [1.54, 1.807) is 19.1 Å². The van der Waals surface area contributed by atoms with E-state index in [2.05, 4.69) is 5.32 Å². The minimum absolute atomic E-state index is 0.0730. The zero-order chi connectivity index (χ0) is 13.8. The van der Waals surface area contributed by atoms with Crippen molar-refractivity contribution in [2.75, 3.05) is 6.54 Å². The monoisotopic (exact) mass is 282 g/mol. The molecule has 5 heteroatoms. The Balaban J connectivity index is 2.01. The van der Waals surface area contributed by atoms with Gasteiger partial charge in [-0.25, -0.2) is 0 Å². The summed E-state index contributed by atoms with van der Waals surface area (Å²) in [6.07, 6.45) is 2.29.